The van der Waals surface area contributed by atoms with Crippen molar-refractivity contribution in [1.29, 1.82) is 0 Å². The molecule has 0 aromatic heterocycles. The van der Waals surface area contributed by atoms with Crippen LogP contribution in [0.3, 0.4) is 0 Å². The van der Waals surface area contributed by atoms with Gasteiger partial charge in [-0.15, -0.1) is 0 Å². The van der Waals surface area contributed by atoms with Crippen molar-refractivity contribution in [3.8, 4) is 5.75 Å². The smallest absolute Gasteiger partial charge is 0.224 e. The highest BCUT2D eigenvalue weighted by Gasteiger charge is 2.10. The van der Waals surface area contributed by atoms with Crippen molar-refractivity contribution in [2.45, 2.75) is 6.42 Å². The number of carbonyl (C=O) groups excluding carboxylic acids is 2. The summed E-state index contributed by atoms with van der Waals surface area (Å²) >= 11 is 0. The third kappa shape index (κ3) is 4.04. The van der Waals surface area contributed by atoms with Gasteiger partial charge in [0.2, 0.25) is 5.91 Å². The molecular weight excluding hydrogens is 314 g/mol. The van der Waals surface area contributed by atoms with Crippen molar-refractivity contribution in [3.05, 3.63) is 77.9 Å². The van der Waals surface area contributed by atoms with Crippen LogP contribution in [0.1, 0.15) is 15.9 Å². The maximum atomic E-state index is 12.2. The average molecular weight is 333 g/mol. The molecule has 3 aromatic rings. The van der Waals surface area contributed by atoms with Gasteiger partial charge in [0.15, 0.2) is 5.78 Å². The van der Waals surface area contributed by atoms with Gasteiger partial charge in [0.1, 0.15) is 5.75 Å². The number of rotatable bonds is 6. The Balaban J connectivity index is 1.61. The number of hydrogen-bond acceptors (Lipinski definition) is 3. The first-order valence-electron chi connectivity index (χ1n) is 8.08. The highest BCUT2D eigenvalue weighted by molar-refractivity contribution is 6.00. The summed E-state index contributed by atoms with van der Waals surface area (Å²) in [6, 6.07) is 20.7. The van der Waals surface area contributed by atoms with Crippen molar-refractivity contribution < 1.29 is 14.3 Å². The maximum absolute atomic E-state index is 12.2. The van der Waals surface area contributed by atoms with E-state index in [0.29, 0.717) is 11.3 Å². The van der Waals surface area contributed by atoms with Crippen LogP contribution < -0.4 is 10.1 Å². The molecule has 1 amide bonds. The van der Waals surface area contributed by atoms with Crippen molar-refractivity contribution >= 4 is 22.5 Å². The number of fused-ring (bicyclic) bond motifs is 1. The molecule has 0 saturated carbocycles. The average Bonchev–Trinajstić information content (AvgIpc) is 2.66. The molecule has 0 aliphatic heterocycles. The molecule has 0 saturated heterocycles. The normalized spacial score (nSPS) is 10.4. The second-order valence-electron chi connectivity index (χ2n) is 5.74. The number of Topliss-reactive ketones (excluding diaryl/α,β-unsaturated/α-hetero) is 1. The minimum Gasteiger partial charge on any atom is -0.497 e. The molecule has 3 aromatic carbocycles. The molecule has 0 radical (unpaired) electrons. The van der Waals surface area contributed by atoms with Gasteiger partial charge in [0.05, 0.1) is 20.1 Å². The molecule has 0 aliphatic carbocycles. The number of hydrogen-bond donors (Lipinski definition) is 1. The first kappa shape index (κ1) is 16.7. The summed E-state index contributed by atoms with van der Waals surface area (Å²) in [6.07, 6.45) is 0.247. The molecule has 0 unspecified atom stereocenters. The fourth-order valence-corrected chi connectivity index (χ4v) is 2.74. The van der Waals surface area contributed by atoms with E-state index < -0.39 is 0 Å². The van der Waals surface area contributed by atoms with Crippen LogP contribution in [0.25, 0.3) is 10.8 Å². The number of amides is 1. The minimum absolute atomic E-state index is 0.0179. The van der Waals surface area contributed by atoms with Crippen LogP contribution >= 0.6 is 0 Å². The number of benzene rings is 3. The maximum Gasteiger partial charge on any atom is 0.224 e. The zero-order chi connectivity index (χ0) is 17.6. The lowest BCUT2D eigenvalue weighted by molar-refractivity contribution is -0.120. The Labute approximate surface area is 146 Å². The lowest BCUT2D eigenvalue weighted by atomic mass is 10.0. The summed E-state index contributed by atoms with van der Waals surface area (Å²) in [5.41, 5.74) is 1.50. The molecule has 0 bridgehead atoms. The second kappa shape index (κ2) is 7.62. The van der Waals surface area contributed by atoms with Crippen molar-refractivity contribution in [2.75, 3.05) is 13.7 Å². The van der Waals surface area contributed by atoms with E-state index in [-0.39, 0.29) is 24.7 Å². The predicted octanol–water partition coefficient (Wildman–Crippen LogP) is 3.39. The number of ether oxygens (including phenoxy) is 1. The zero-order valence-electron chi connectivity index (χ0n) is 14.0. The van der Waals surface area contributed by atoms with E-state index in [4.69, 9.17) is 4.74 Å². The third-order valence-corrected chi connectivity index (χ3v) is 4.09. The van der Waals surface area contributed by atoms with E-state index in [1.54, 1.807) is 31.4 Å². The Bertz CT molecular complexity index is 895. The van der Waals surface area contributed by atoms with E-state index in [1.165, 1.54) is 0 Å². The van der Waals surface area contributed by atoms with Gasteiger partial charge in [-0.05, 0) is 40.6 Å². The molecule has 3 rings (SSSR count). The Morgan fingerprint density at radius 2 is 1.64 bits per heavy atom. The zero-order valence-corrected chi connectivity index (χ0v) is 14.0. The molecule has 4 heteroatoms. The summed E-state index contributed by atoms with van der Waals surface area (Å²) in [6.45, 7) is -0.0179. The van der Waals surface area contributed by atoms with Gasteiger partial charge in [-0.1, -0.05) is 42.5 Å². The highest BCUT2D eigenvalue weighted by atomic mass is 16.5. The quantitative estimate of drug-likeness (QED) is 0.704. The molecule has 1 N–H and O–H groups in total. The molecule has 25 heavy (non-hydrogen) atoms. The SMILES string of the molecule is COc1ccc(C(=O)CNC(=O)Cc2cccc3ccccc23)cc1. The fourth-order valence-electron chi connectivity index (χ4n) is 2.74. The van der Waals surface area contributed by atoms with Gasteiger partial charge in [0, 0.05) is 5.56 Å². The lowest BCUT2D eigenvalue weighted by Crippen LogP contribution is -2.30. The van der Waals surface area contributed by atoms with Gasteiger partial charge in [0.25, 0.3) is 0 Å². The van der Waals surface area contributed by atoms with Crippen LogP contribution in [-0.4, -0.2) is 25.3 Å². The van der Waals surface area contributed by atoms with Gasteiger partial charge in [-0.2, -0.15) is 0 Å². The van der Waals surface area contributed by atoms with E-state index in [0.717, 1.165) is 16.3 Å². The Morgan fingerprint density at radius 3 is 2.40 bits per heavy atom. The summed E-state index contributed by atoms with van der Waals surface area (Å²) in [5, 5.41) is 4.86. The molecule has 0 aliphatic rings. The summed E-state index contributed by atoms with van der Waals surface area (Å²) in [4.78, 5) is 24.4. The number of methoxy groups -OCH3 is 1. The summed E-state index contributed by atoms with van der Waals surface area (Å²) in [5.74, 6) is 0.392. The van der Waals surface area contributed by atoms with Gasteiger partial charge >= 0.3 is 0 Å². The molecule has 0 atom stereocenters. The van der Waals surface area contributed by atoms with E-state index in [2.05, 4.69) is 5.32 Å². The van der Waals surface area contributed by atoms with E-state index in [1.807, 2.05) is 42.5 Å². The molecule has 4 nitrogen and oxygen atoms in total. The monoisotopic (exact) mass is 333 g/mol. The van der Waals surface area contributed by atoms with E-state index in [9.17, 15) is 9.59 Å². The van der Waals surface area contributed by atoms with Crippen LogP contribution in [0.2, 0.25) is 0 Å². The topological polar surface area (TPSA) is 55.4 Å². The van der Waals surface area contributed by atoms with Crippen LogP contribution in [0.15, 0.2) is 66.7 Å². The number of ketones is 1. The second-order valence-corrected chi connectivity index (χ2v) is 5.74. The number of carbonyl (C=O) groups is 2. The third-order valence-electron chi connectivity index (χ3n) is 4.09. The standard InChI is InChI=1S/C21H19NO3/c1-25-18-11-9-16(10-12-18)20(23)14-22-21(24)13-17-7-4-6-15-5-2-3-8-19(15)17/h2-12H,13-14H2,1H3,(H,22,24). The highest BCUT2D eigenvalue weighted by Crippen LogP contribution is 2.18. The van der Waals surface area contributed by atoms with Crippen molar-refractivity contribution in [3.63, 3.8) is 0 Å². The van der Waals surface area contributed by atoms with Crippen LogP contribution in [-0.2, 0) is 11.2 Å². The molecular formula is C21H19NO3. The van der Waals surface area contributed by atoms with Crippen LogP contribution in [0, 0.1) is 0 Å². The van der Waals surface area contributed by atoms with Gasteiger partial charge in [-0.3, -0.25) is 9.59 Å². The van der Waals surface area contributed by atoms with Crippen molar-refractivity contribution in [2.24, 2.45) is 0 Å². The van der Waals surface area contributed by atoms with Crippen LogP contribution in [0.5, 0.6) is 5.75 Å². The predicted molar refractivity (Wildman–Crippen MR) is 98.0 cm³/mol. The molecule has 0 spiro atoms. The lowest BCUT2D eigenvalue weighted by Gasteiger charge is -2.08. The van der Waals surface area contributed by atoms with Crippen molar-refractivity contribution in [1.82, 2.24) is 5.32 Å². The van der Waals surface area contributed by atoms with Gasteiger partial charge in [-0.25, -0.2) is 0 Å². The summed E-state index contributed by atoms with van der Waals surface area (Å²) < 4.78 is 5.07. The van der Waals surface area contributed by atoms with Crippen LogP contribution in [0.4, 0.5) is 0 Å². The first-order valence-corrected chi connectivity index (χ1v) is 8.08. The minimum atomic E-state index is -0.168. The largest absolute Gasteiger partial charge is 0.497 e. The molecule has 0 fully saturated rings. The molecule has 126 valence electrons. The number of nitrogens with one attached hydrogen (secondary N) is 1. The van der Waals surface area contributed by atoms with E-state index >= 15 is 0 Å². The molecule has 0 heterocycles. The fraction of sp³-hybridized carbons (Fsp3) is 0.143. The Kier molecular flexibility index (Phi) is 5.09. The Hall–Kier alpha value is -3.14. The van der Waals surface area contributed by atoms with Gasteiger partial charge < -0.3 is 10.1 Å². The first-order chi connectivity index (χ1) is 12.2. The summed E-state index contributed by atoms with van der Waals surface area (Å²) in [7, 11) is 1.57. The Morgan fingerprint density at radius 1 is 0.920 bits per heavy atom.